The molecule has 2 nitrogen and oxygen atoms in total. The minimum atomic E-state index is 0.325. The van der Waals surface area contributed by atoms with Crippen LogP contribution in [0.4, 0.5) is 0 Å². The Hall–Kier alpha value is 0.140. The Morgan fingerprint density at radius 3 is 3.00 bits per heavy atom. The molecule has 0 aromatic carbocycles. The molecule has 1 saturated heterocycles. The molecule has 1 fully saturated rings. The number of aliphatic hydroxyl groups excluding tert-OH is 1. The Kier molecular flexibility index (Phi) is 4.26. The molecule has 12 heavy (non-hydrogen) atoms. The topological polar surface area (TPSA) is 23.5 Å². The fraction of sp³-hybridized carbons (Fsp3) is 0.778. The van der Waals surface area contributed by atoms with E-state index in [4.69, 9.17) is 5.11 Å². The summed E-state index contributed by atoms with van der Waals surface area (Å²) in [6, 6.07) is 0. The minimum Gasteiger partial charge on any atom is -0.396 e. The van der Waals surface area contributed by atoms with Crippen molar-refractivity contribution in [3.05, 3.63) is 11.1 Å². The Morgan fingerprint density at radius 1 is 1.67 bits per heavy atom. The molecule has 1 aliphatic heterocycles. The molecule has 1 heterocycles. The van der Waals surface area contributed by atoms with Gasteiger partial charge in [-0.1, -0.05) is 22.5 Å². The van der Waals surface area contributed by atoms with E-state index in [9.17, 15) is 0 Å². The largest absolute Gasteiger partial charge is 0.396 e. The summed E-state index contributed by atoms with van der Waals surface area (Å²) in [6.45, 7) is 7.21. The zero-order chi connectivity index (χ0) is 8.97. The smallest absolute Gasteiger partial charge is 0.0471 e. The van der Waals surface area contributed by atoms with E-state index in [0.29, 0.717) is 12.5 Å². The Morgan fingerprint density at radius 2 is 2.42 bits per heavy atom. The second-order valence-corrected chi connectivity index (χ2v) is 4.56. The highest BCUT2D eigenvalue weighted by Gasteiger charge is 2.18. The van der Waals surface area contributed by atoms with Crippen LogP contribution in [0.2, 0.25) is 0 Å². The van der Waals surface area contributed by atoms with Crippen molar-refractivity contribution < 1.29 is 5.11 Å². The van der Waals surface area contributed by atoms with Gasteiger partial charge < -0.3 is 5.11 Å². The van der Waals surface area contributed by atoms with Gasteiger partial charge in [0.1, 0.15) is 0 Å². The van der Waals surface area contributed by atoms with E-state index in [2.05, 4.69) is 27.4 Å². The lowest BCUT2D eigenvalue weighted by atomic mass is 9.99. The number of halogens is 1. The Bertz CT molecular complexity index is 161. The van der Waals surface area contributed by atoms with Gasteiger partial charge in [0.25, 0.3) is 0 Å². The third kappa shape index (κ3) is 3.25. The van der Waals surface area contributed by atoms with E-state index in [1.54, 1.807) is 0 Å². The standard InChI is InChI=1S/C9H16BrNO/c1-8(10)5-11-4-2-3-9(6-11)7-12/h9,12H,1-7H2. The SMILES string of the molecule is C=C(Br)CN1CCCC(CO)C1. The summed E-state index contributed by atoms with van der Waals surface area (Å²) in [5.41, 5.74) is 0. The lowest BCUT2D eigenvalue weighted by Crippen LogP contribution is -2.37. The maximum absolute atomic E-state index is 8.98. The van der Waals surface area contributed by atoms with Gasteiger partial charge in [0.05, 0.1) is 0 Å². The molecule has 0 amide bonds. The number of aliphatic hydroxyl groups is 1. The van der Waals surface area contributed by atoms with Gasteiger partial charge in [-0.2, -0.15) is 0 Å². The van der Waals surface area contributed by atoms with Gasteiger partial charge in [-0.25, -0.2) is 0 Å². The zero-order valence-electron chi connectivity index (χ0n) is 7.30. The third-order valence-electron chi connectivity index (χ3n) is 2.26. The van der Waals surface area contributed by atoms with Crippen LogP contribution >= 0.6 is 15.9 Å². The highest BCUT2D eigenvalue weighted by Crippen LogP contribution is 2.17. The summed E-state index contributed by atoms with van der Waals surface area (Å²) >= 11 is 3.35. The molecule has 3 heteroatoms. The van der Waals surface area contributed by atoms with Gasteiger partial charge in [0.15, 0.2) is 0 Å². The highest BCUT2D eigenvalue weighted by molar-refractivity contribution is 9.11. The van der Waals surface area contributed by atoms with E-state index in [0.717, 1.165) is 24.1 Å². The van der Waals surface area contributed by atoms with E-state index < -0.39 is 0 Å². The summed E-state index contributed by atoms with van der Waals surface area (Å²) in [7, 11) is 0. The second kappa shape index (κ2) is 5.00. The quantitative estimate of drug-likeness (QED) is 0.801. The third-order valence-corrected chi connectivity index (χ3v) is 2.51. The highest BCUT2D eigenvalue weighted by atomic mass is 79.9. The summed E-state index contributed by atoms with van der Waals surface area (Å²) in [5, 5.41) is 8.98. The van der Waals surface area contributed by atoms with Crippen LogP contribution in [0.5, 0.6) is 0 Å². The van der Waals surface area contributed by atoms with Crippen LogP contribution in [-0.2, 0) is 0 Å². The fourth-order valence-electron chi connectivity index (χ4n) is 1.69. The predicted molar refractivity (Wildman–Crippen MR) is 54.3 cm³/mol. The minimum absolute atomic E-state index is 0.325. The predicted octanol–water partition coefficient (Wildman–Crippen LogP) is 1.60. The van der Waals surface area contributed by atoms with E-state index >= 15 is 0 Å². The van der Waals surface area contributed by atoms with Crippen LogP contribution in [-0.4, -0.2) is 36.2 Å². The van der Waals surface area contributed by atoms with Gasteiger partial charge in [-0.3, -0.25) is 4.90 Å². The molecule has 1 unspecified atom stereocenters. The van der Waals surface area contributed by atoms with Crippen molar-refractivity contribution in [1.82, 2.24) is 4.90 Å². The molecule has 1 rings (SSSR count). The van der Waals surface area contributed by atoms with E-state index in [1.807, 2.05) is 0 Å². The van der Waals surface area contributed by atoms with Crippen molar-refractivity contribution >= 4 is 15.9 Å². The first-order valence-corrected chi connectivity index (χ1v) is 5.18. The van der Waals surface area contributed by atoms with Crippen molar-refractivity contribution in [2.75, 3.05) is 26.2 Å². The normalized spacial score (nSPS) is 25.7. The van der Waals surface area contributed by atoms with Crippen molar-refractivity contribution in [3.8, 4) is 0 Å². The molecule has 70 valence electrons. The molecule has 0 spiro atoms. The number of piperidine rings is 1. The average Bonchev–Trinajstić information content (AvgIpc) is 2.03. The number of hydrogen-bond acceptors (Lipinski definition) is 2. The van der Waals surface area contributed by atoms with Crippen LogP contribution in [0.3, 0.4) is 0 Å². The molecule has 0 bridgehead atoms. The first-order valence-electron chi connectivity index (χ1n) is 4.39. The Balaban J connectivity index is 2.30. The van der Waals surface area contributed by atoms with Crippen molar-refractivity contribution in [1.29, 1.82) is 0 Å². The van der Waals surface area contributed by atoms with Gasteiger partial charge >= 0.3 is 0 Å². The zero-order valence-corrected chi connectivity index (χ0v) is 8.89. The number of rotatable bonds is 3. The molecule has 0 aromatic heterocycles. The Labute approximate surface area is 82.4 Å². The van der Waals surface area contributed by atoms with Gasteiger partial charge in [-0.15, -0.1) is 0 Å². The lowest BCUT2D eigenvalue weighted by molar-refractivity contribution is 0.129. The number of nitrogens with zero attached hydrogens (tertiary/aromatic N) is 1. The summed E-state index contributed by atoms with van der Waals surface area (Å²) in [4.78, 5) is 2.33. The molecular weight excluding hydrogens is 218 g/mol. The van der Waals surface area contributed by atoms with Gasteiger partial charge in [-0.05, 0) is 25.3 Å². The van der Waals surface area contributed by atoms with Crippen molar-refractivity contribution in [3.63, 3.8) is 0 Å². The molecule has 0 aliphatic carbocycles. The van der Waals surface area contributed by atoms with Crippen LogP contribution in [0.15, 0.2) is 11.1 Å². The van der Waals surface area contributed by atoms with Crippen LogP contribution < -0.4 is 0 Å². The summed E-state index contributed by atoms with van der Waals surface area (Å²) in [6.07, 6.45) is 2.37. The second-order valence-electron chi connectivity index (χ2n) is 3.44. The lowest BCUT2D eigenvalue weighted by Gasteiger charge is -2.31. The fourth-order valence-corrected chi connectivity index (χ4v) is 2.04. The monoisotopic (exact) mass is 233 g/mol. The first kappa shape index (κ1) is 10.2. The van der Waals surface area contributed by atoms with Gasteiger partial charge in [0.2, 0.25) is 0 Å². The number of likely N-dealkylation sites (tertiary alicyclic amines) is 1. The summed E-state index contributed by atoms with van der Waals surface area (Å²) in [5.74, 6) is 0.477. The first-order chi connectivity index (χ1) is 5.72. The number of hydrogen-bond donors (Lipinski definition) is 1. The van der Waals surface area contributed by atoms with Crippen LogP contribution in [0.25, 0.3) is 0 Å². The van der Waals surface area contributed by atoms with E-state index in [1.165, 1.54) is 12.8 Å². The van der Waals surface area contributed by atoms with E-state index in [-0.39, 0.29) is 0 Å². The molecular formula is C9H16BrNO. The van der Waals surface area contributed by atoms with Crippen molar-refractivity contribution in [2.24, 2.45) is 5.92 Å². The molecule has 1 aliphatic rings. The van der Waals surface area contributed by atoms with Gasteiger partial charge in [0, 0.05) is 24.2 Å². The average molecular weight is 234 g/mol. The molecule has 0 radical (unpaired) electrons. The maximum Gasteiger partial charge on any atom is 0.0471 e. The van der Waals surface area contributed by atoms with Crippen LogP contribution in [0.1, 0.15) is 12.8 Å². The molecule has 0 saturated carbocycles. The van der Waals surface area contributed by atoms with Crippen molar-refractivity contribution in [2.45, 2.75) is 12.8 Å². The maximum atomic E-state index is 8.98. The molecule has 1 N–H and O–H groups in total. The van der Waals surface area contributed by atoms with Crippen LogP contribution in [0, 0.1) is 5.92 Å². The molecule has 1 atom stereocenters. The summed E-state index contributed by atoms with van der Waals surface area (Å²) < 4.78 is 1.03. The molecule has 0 aromatic rings.